The summed E-state index contributed by atoms with van der Waals surface area (Å²) in [5.74, 6) is -0.189. The van der Waals surface area contributed by atoms with Crippen molar-refractivity contribution in [1.29, 1.82) is 0 Å². The molecule has 1 aromatic heterocycles. The minimum atomic E-state index is -0.160. The number of carbonyl (C=O) groups is 2. The average molecular weight is 404 g/mol. The zero-order valence-electron chi connectivity index (χ0n) is 17.0. The van der Waals surface area contributed by atoms with E-state index >= 15 is 0 Å². The molecule has 2 rings (SSSR count). The van der Waals surface area contributed by atoms with Gasteiger partial charge in [-0.1, -0.05) is 37.9 Å². The molecule has 0 aliphatic carbocycles. The molecule has 28 heavy (non-hydrogen) atoms. The topological polar surface area (TPSA) is 45.6 Å². The number of benzene rings is 1. The van der Waals surface area contributed by atoms with E-state index in [0.29, 0.717) is 30.2 Å². The number of aromatic nitrogens is 1. The molecule has 2 amide bonds. The normalized spacial score (nSPS) is 10.7. The lowest BCUT2D eigenvalue weighted by Gasteiger charge is -2.28. The molecule has 0 radical (unpaired) electrons. The molecule has 0 atom stereocenters. The summed E-state index contributed by atoms with van der Waals surface area (Å²) in [4.78, 5) is 29.5. The smallest absolute Gasteiger partial charge is 0.254 e. The summed E-state index contributed by atoms with van der Waals surface area (Å²) in [6.07, 6.45) is 4.71. The summed E-state index contributed by atoms with van der Waals surface area (Å²) in [6.45, 7) is 5.95. The number of hydrogen-bond donors (Lipinski definition) is 0. The van der Waals surface area contributed by atoms with Gasteiger partial charge < -0.3 is 14.4 Å². The molecule has 0 N–H and O–H groups in total. The Kier molecular flexibility index (Phi) is 8.58. The number of nitrogens with zero attached hydrogens (tertiary/aromatic N) is 3. The third-order valence-corrected chi connectivity index (χ3v) is 4.95. The van der Waals surface area contributed by atoms with Gasteiger partial charge in [-0.2, -0.15) is 0 Å². The van der Waals surface area contributed by atoms with Crippen LogP contribution in [0, 0.1) is 0 Å². The maximum absolute atomic E-state index is 13.1. The Bertz CT molecular complexity index is 788. The van der Waals surface area contributed by atoms with Gasteiger partial charge in [0.2, 0.25) is 5.91 Å². The number of unbranched alkanes of at least 4 members (excludes halogenated alkanes) is 1. The minimum absolute atomic E-state index is 0.0292. The maximum atomic E-state index is 13.1. The van der Waals surface area contributed by atoms with E-state index in [1.54, 1.807) is 29.2 Å². The van der Waals surface area contributed by atoms with Gasteiger partial charge >= 0.3 is 0 Å². The first-order chi connectivity index (χ1) is 13.5. The van der Waals surface area contributed by atoms with Gasteiger partial charge in [-0.3, -0.25) is 9.59 Å². The van der Waals surface area contributed by atoms with Gasteiger partial charge in [-0.25, -0.2) is 0 Å². The second-order valence-electron chi connectivity index (χ2n) is 7.02. The van der Waals surface area contributed by atoms with Gasteiger partial charge in [0.1, 0.15) is 6.54 Å². The zero-order valence-corrected chi connectivity index (χ0v) is 17.8. The molecule has 0 bridgehead atoms. The van der Waals surface area contributed by atoms with Crippen LogP contribution < -0.4 is 0 Å². The lowest BCUT2D eigenvalue weighted by Crippen LogP contribution is -2.43. The van der Waals surface area contributed by atoms with Crippen LogP contribution in [0.3, 0.4) is 0 Å². The summed E-state index contributed by atoms with van der Waals surface area (Å²) >= 11 is 6.03. The van der Waals surface area contributed by atoms with Gasteiger partial charge in [-0.15, -0.1) is 0 Å². The number of amides is 2. The van der Waals surface area contributed by atoms with Crippen molar-refractivity contribution >= 4 is 23.4 Å². The molecule has 1 heterocycles. The minimum Gasteiger partial charge on any atom is -0.353 e. The van der Waals surface area contributed by atoms with E-state index in [1.165, 1.54) is 0 Å². The van der Waals surface area contributed by atoms with E-state index in [-0.39, 0.29) is 18.4 Å². The molecule has 0 aliphatic heterocycles. The van der Waals surface area contributed by atoms with Crippen LogP contribution in [0.1, 0.15) is 49.2 Å². The van der Waals surface area contributed by atoms with Crippen LogP contribution >= 0.6 is 11.6 Å². The molecule has 5 nitrogen and oxygen atoms in total. The van der Waals surface area contributed by atoms with Crippen molar-refractivity contribution in [1.82, 2.24) is 14.4 Å². The molecule has 2 aromatic rings. The molecule has 0 saturated heterocycles. The second kappa shape index (κ2) is 10.9. The lowest BCUT2D eigenvalue weighted by molar-refractivity contribution is -0.132. The molecule has 0 fully saturated rings. The molecule has 0 aliphatic rings. The first kappa shape index (κ1) is 22.0. The highest BCUT2D eigenvalue weighted by Crippen LogP contribution is 2.14. The summed E-state index contributed by atoms with van der Waals surface area (Å²) in [6, 6.07) is 10.9. The van der Waals surface area contributed by atoms with E-state index in [9.17, 15) is 9.59 Å². The van der Waals surface area contributed by atoms with Crippen LogP contribution in [-0.2, 0) is 18.4 Å². The Morgan fingerprint density at radius 1 is 1.04 bits per heavy atom. The number of halogens is 1. The van der Waals surface area contributed by atoms with Crippen molar-refractivity contribution in [3.05, 3.63) is 58.9 Å². The van der Waals surface area contributed by atoms with Gasteiger partial charge in [0, 0.05) is 42.6 Å². The monoisotopic (exact) mass is 403 g/mol. The Balaban J connectivity index is 2.14. The van der Waals surface area contributed by atoms with Gasteiger partial charge in [-0.05, 0) is 43.2 Å². The quantitative estimate of drug-likeness (QED) is 0.591. The largest absolute Gasteiger partial charge is 0.353 e. The van der Waals surface area contributed by atoms with Crippen LogP contribution in [0.5, 0.6) is 0 Å². The summed E-state index contributed by atoms with van der Waals surface area (Å²) in [5, 5.41) is 0.516. The van der Waals surface area contributed by atoms with Crippen molar-refractivity contribution in [2.45, 2.75) is 39.7 Å². The molecule has 0 saturated carbocycles. The Hall–Kier alpha value is -2.27. The van der Waals surface area contributed by atoms with Crippen LogP contribution in [0.2, 0.25) is 5.02 Å². The Morgan fingerprint density at radius 3 is 2.43 bits per heavy atom. The van der Waals surface area contributed by atoms with Crippen LogP contribution in [0.25, 0.3) is 0 Å². The number of carbonyl (C=O) groups excluding carboxylic acids is 2. The number of rotatable bonds is 10. The highest BCUT2D eigenvalue weighted by Gasteiger charge is 2.22. The summed E-state index contributed by atoms with van der Waals surface area (Å²) in [7, 11) is 1.98. The van der Waals surface area contributed by atoms with Gasteiger partial charge in [0.05, 0.1) is 6.54 Å². The maximum Gasteiger partial charge on any atom is 0.254 e. The SMILES string of the molecule is CCCCN(Cc1cccn1C)C(=O)CN(CCC)C(=O)c1cccc(Cl)c1. The lowest BCUT2D eigenvalue weighted by atomic mass is 10.2. The predicted octanol–water partition coefficient (Wildman–Crippen LogP) is 4.36. The fourth-order valence-electron chi connectivity index (χ4n) is 3.09. The summed E-state index contributed by atoms with van der Waals surface area (Å²) in [5.41, 5.74) is 1.59. The van der Waals surface area contributed by atoms with Crippen LogP contribution in [-0.4, -0.2) is 45.8 Å². The molecule has 152 valence electrons. The van der Waals surface area contributed by atoms with Gasteiger partial charge in [0.15, 0.2) is 0 Å². The molecule has 1 aromatic carbocycles. The highest BCUT2D eigenvalue weighted by molar-refractivity contribution is 6.30. The van der Waals surface area contributed by atoms with E-state index in [4.69, 9.17) is 11.6 Å². The van der Waals surface area contributed by atoms with E-state index in [2.05, 4.69) is 6.92 Å². The van der Waals surface area contributed by atoms with Gasteiger partial charge in [0.25, 0.3) is 5.91 Å². The molecule has 6 heteroatoms. The third-order valence-electron chi connectivity index (χ3n) is 4.72. The van der Waals surface area contributed by atoms with Crippen molar-refractivity contribution in [3.63, 3.8) is 0 Å². The first-order valence-corrected chi connectivity index (χ1v) is 10.3. The Morgan fingerprint density at radius 2 is 1.82 bits per heavy atom. The number of hydrogen-bond acceptors (Lipinski definition) is 2. The van der Waals surface area contributed by atoms with Crippen LogP contribution in [0.4, 0.5) is 0 Å². The second-order valence-corrected chi connectivity index (χ2v) is 7.45. The molecular formula is C22H30ClN3O2. The van der Waals surface area contributed by atoms with Crippen molar-refractivity contribution in [3.8, 4) is 0 Å². The molecule has 0 unspecified atom stereocenters. The fraction of sp³-hybridized carbons (Fsp3) is 0.455. The predicted molar refractivity (Wildman–Crippen MR) is 113 cm³/mol. The van der Waals surface area contributed by atoms with E-state index in [1.807, 2.05) is 41.8 Å². The highest BCUT2D eigenvalue weighted by atomic mass is 35.5. The first-order valence-electron chi connectivity index (χ1n) is 9.89. The van der Waals surface area contributed by atoms with E-state index in [0.717, 1.165) is 25.0 Å². The van der Waals surface area contributed by atoms with Crippen LogP contribution in [0.15, 0.2) is 42.6 Å². The number of aryl methyl sites for hydroxylation is 1. The molecular weight excluding hydrogens is 374 g/mol. The Labute approximate surface area is 172 Å². The third kappa shape index (κ3) is 6.13. The standard InChI is InChI=1S/C22H30ClN3O2/c1-4-6-14-25(16-20-11-8-13-24(20)3)21(27)17-26(12-5-2)22(28)18-9-7-10-19(23)15-18/h7-11,13,15H,4-6,12,14,16-17H2,1-3H3. The molecule has 0 spiro atoms. The van der Waals surface area contributed by atoms with E-state index < -0.39 is 0 Å². The average Bonchev–Trinajstić information content (AvgIpc) is 3.08. The van der Waals surface area contributed by atoms with Crippen molar-refractivity contribution in [2.75, 3.05) is 19.6 Å². The van der Waals surface area contributed by atoms with Crippen molar-refractivity contribution < 1.29 is 9.59 Å². The fourth-order valence-corrected chi connectivity index (χ4v) is 3.28. The van der Waals surface area contributed by atoms with Crippen molar-refractivity contribution in [2.24, 2.45) is 7.05 Å². The zero-order chi connectivity index (χ0) is 20.5. The summed E-state index contributed by atoms with van der Waals surface area (Å²) < 4.78 is 2.02.